The largest absolute Gasteiger partial charge is 0.481 e. The van der Waals surface area contributed by atoms with Crippen LogP contribution >= 0.6 is 0 Å². The molecule has 2 fully saturated rings. The number of aliphatic carboxylic acids is 1. The third kappa shape index (κ3) is 8.47. The number of aromatic nitrogens is 1. The van der Waals surface area contributed by atoms with Gasteiger partial charge in [0.1, 0.15) is 23.5 Å². The number of amides is 1. The van der Waals surface area contributed by atoms with Gasteiger partial charge in [-0.2, -0.15) is 13.2 Å². The molecule has 3 aromatic rings. The van der Waals surface area contributed by atoms with Crippen molar-refractivity contribution < 1.29 is 45.8 Å². The standard InChI is InChI=1S/C39H41F6N3O5/c1-6-23-14-28(34-21(4)12-25(40)13-22(34)5)37(42)35(36(23)41)30(16-33(50)51)46-38(52)31(11-20(2)3)48-17-24(29(15-32(48)49)39(43,44)45)9-10-47-26-7-8-27(47)19-53-18-26/h1,12-15,17,20,26-27,30-31H,7-11,16,18-19H2,2-5H3,(H,46,52)(H,50,51). The van der Waals surface area contributed by atoms with Gasteiger partial charge in [0.25, 0.3) is 5.56 Å². The third-order valence-corrected chi connectivity index (χ3v) is 10.0. The number of nitrogens with zero attached hydrogens (tertiary/aromatic N) is 2. The number of hydrogen-bond donors (Lipinski definition) is 2. The molecular formula is C39H41F6N3O5. The van der Waals surface area contributed by atoms with Crippen LogP contribution in [0.3, 0.4) is 0 Å². The topological polar surface area (TPSA) is 101 Å². The number of fused-ring (bicyclic) bond motifs is 2. The van der Waals surface area contributed by atoms with Gasteiger partial charge in [0.2, 0.25) is 5.91 Å². The van der Waals surface area contributed by atoms with Crippen molar-refractivity contribution in [2.24, 2.45) is 5.92 Å². The second-order valence-corrected chi connectivity index (χ2v) is 14.2. The number of halogens is 6. The first-order valence-electron chi connectivity index (χ1n) is 17.3. The molecule has 3 heterocycles. The molecule has 284 valence electrons. The minimum absolute atomic E-state index is 0.0600. The second-order valence-electron chi connectivity index (χ2n) is 14.2. The molecule has 4 unspecified atom stereocenters. The van der Waals surface area contributed by atoms with Crippen molar-refractivity contribution in [3.63, 3.8) is 0 Å². The molecule has 2 N–H and O–H groups in total. The maximum Gasteiger partial charge on any atom is 0.416 e. The Bertz CT molecular complexity index is 1960. The van der Waals surface area contributed by atoms with E-state index >= 15 is 8.78 Å². The maximum absolute atomic E-state index is 16.5. The average molecular weight is 746 g/mol. The number of carbonyl (C=O) groups excluding carboxylic acids is 1. The van der Waals surface area contributed by atoms with Crippen LogP contribution in [0.4, 0.5) is 26.3 Å². The molecule has 4 atom stereocenters. The van der Waals surface area contributed by atoms with Crippen LogP contribution < -0.4 is 10.9 Å². The summed E-state index contributed by atoms with van der Waals surface area (Å²) in [4.78, 5) is 41.7. The van der Waals surface area contributed by atoms with Gasteiger partial charge >= 0.3 is 12.1 Å². The third-order valence-electron chi connectivity index (χ3n) is 10.0. The highest BCUT2D eigenvalue weighted by Gasteiger charge is 2.39. The van der Waals surface area contributed by atoms with E-state index in [1.54, 1.807) is 13.8 Å². The first-order chi connectivity index (χ1) is 24.9. The lowest BCUT2D eigenvalue weighted by molar-refractivity contribution is -0.139. The molecule has 0 saturated carbocycles. The number of rotatable bonds is 12. The van der Waals surface area contributed by atoms with Gasteiger partial charge in [-0.15, -0.1) is 6.42 Å². The summed E-state index contributed by atoms with van der Waals surface area (Å²) in [5, 5.41) is 12.2. The first-order valence-corrected chi connectivity index (χ1v) is 17.3. The summed E-state index contributed by atoms with van der Waals surface area (Å²) in [5.74, 6) is -3.99. The molecule has 0 spiro atoms. The van der Waals surface area contributed by atoms with E-state index in [9.17, 15) is 37.1 Å². The summed E-state index contributed by atoms with van der Waals surface area (Å²) in [6, 6.07) is 0.479. The molecule has 0 radical (unpaired) electrons. The Kier molecular flexibility index (Phi) is 11.8. The van der Waals surface area contributed by atoms with E-state index in [1.807, 2.05) is 0 Å². The SMILES string of the molecule is C#Cc1cc(-c2c(C)cc(F)cc2C)c(F)c(C(CC(=O)O)NC(=O)C(CC(C)C)n2cc(CCN3C4CCC3COC4)c(C(F)(F)F)cc2=O)c1F. The molecule has 0 aliphatic carbocycles. The van der Waals surface area contributed by atoms with Crippen LogP contribution in [0.25, 0.3) is 11.1 Å². The van der Waals surface area contributed by atoms with Crippen LogP contribution in [0.2, 0.25) is 0 Å². The quantitative estimate of drug-likeness (QED) is 0.155. The van der Waals surface area contributed by atoms with E-state index in [4.69, 9.17) is 11.2 Å². The summed E-state index contributed by atoms with van der Waals surface area (Å²) >= 11 is 0. The van der Waals surface area contributed by atoms with E-state index in [1.165, 1.54) is 13.8 Å². The Labute approximate surface area is 303 Å². The van der Waals surface area contributed by atoms with Crippen LogP contribution in [0.1, 0.15) is 85.0 Å². The lowest BCUT2D eigenvalue weighted by Gasteiger charge is -2.34. The van der Waals surface area contributed by atoms with Gasteiger partial charge in [-0.25, -0.2) is 13.2 Å². The van der Waals surface area contributed by atoms with Crippen LogP contribution in [-0.4, -0.2) is 58.3 Å². The number of pyridine rings is 1. The molecule has 14 heteroatoms. The zero-order valence-electron chi connectivity index (χ0n) is 29.8. The molecule has 1 aromatic heterocycles. The summed E-state index contributed by atoms with van der Waals surface area (Å²) in [6.45, 7) is 7.58. The Morgan fingerprint density at radius 3 is 2.21 bits per heavy atom. The zero-order chi connectivity index (χ0) is 38.9. The first kappa shape index (κ1) is 39.6. The van der Waals surface area contributed by atoms with Gasteiger partial charge in [0.15, 0.2) is 0 Å². The lowest BCUT2D eigenvalue weighted by Crippen LogP contribution is -2.46. The number of carboxylic acids is 1. The Morgan fingerprint density at radius 2 is 1.66 bits per heavy atom. The predicted octanol–water partition coefficient (Wildman–Crippen LogP) is 6.87. The Morgan fingerprint density at radius 1 is 1.04 bits per heavy atom. The number of aryl methyl sites for hydroxylation is 2. The Hall–Kier alpha value is -4.61. The normalized spacial score (nSPS) is 18.5. The second kappa shape index (κ2) is 15.8. The monoisotopic (exact) mass is 745 g/mol. The molecule has 2 saturated heterocycles. The van der Waals surface area contributed by atoms with Crippen molar-refractivity contribution in [3.8, 4) is 23.5 Å². The van der Waals surface area contributed by atoms with E-state index in [0.29, 0.717) is 19.3 Å². The molecule has 1 amide bonds. The van der Waals surface area contributed by atoms with Crippen molar-refractivity contribution in [1.82, 2.24) is 14.8 Å². The number of alkyl halides is 3. The average Bonchev–Trinajstić information content (AvgIpc) is 3.27. The molecule has 2 aliphatic rings. The lowest BCUT2D eigenvalue weighted by atomic mass is 9.89. The van der Waals surface area contributed by atoms with E-state index in [2.05, 4.69) is 16.1 Å². The number of morpholine rings is 1. The van der Waals surface area contributed by atoms with Crippen molar-refractivity contribution in [2.75, 3.05) is 19.8 Å². The fraction of sp³-hybridized carbons (Fsp3) is 0.462. The van der Waals surface area contributed by atoms with E-state index in [0.717, 1.165) is 41.8 Å². The summed E-state index contributed by atoms with van der Waals surface area (Å²) in [7, 11) is 0. The highest BCUT2D eigenvalue weighted by molar-refractivity contribution is 5.82. The highest BCUT2D eigenvalue weighted by atomic mass is 19.4. The molecule has 53 heavy (non-hydrogen) atoms. The van der Waals surface area contributed by atoms with Crippen LogP contribution in [0.15, 0.2) is 35.3 Å². The van der Waals surface area contributed by atoms with Gasteiger partial charge in [0, 0.05) is 42.0 Å². The summed E-state index contributed by atoms with van der Waals surface area (Å²) in [6.07, 6.45) is 2.15. The summed E-state index contributed by atoms with van der Waals surface area (Å²) in [5.41, 5.74) is -3.37. The molecule has 2 aromatic carbocycles. The molecule has 8 nitrogen and oxygen atoms in total. The fourth-order valence-corrected chi connectivity index (χ4v) is 7.67. The molecule has 5 rings (SSSR count). The van der Waals surface area contributed by atoms with Crippen molar-refractivity contribution in [2.45, 2.75) is 90.1 Å². The van der Waals surface area contributed by atoms with Gasteiger partial charge in [0.05, 0.1) is 36.8 Å². The van der Waals surface area contributed by atoms with Gasteiger partial charge in [-0.05, 0) is 85.9 Å². The van der Waals surface area contributed by atoms with Crippen LogP contribution in [0, 0.1) is 49.6 Å². The van der Waals surface area contributed by atoms with Crippen molar-refractivity contribution in [1.29, 1.82) is 0 Å². The number of ether oxygens (including phenoxy) is 1. The minimum Gasteiger partial charge on any atom is -0.481 e. The van der Waals surface area contributed by atoms with Crippen LogP contribution in [-0.2, 0) is 26.9 Å². The number of nitrogens with one attached hydrogen (secondary N) is 1. The Balaban J connectivity index is 1.58. The van der Waals surface area contributed by atoms with Crippen molar-refractivity contribution >= 4 is 11.9 Å². The fourth-order valence-electron chi connectivity index (χ4n) is 7.67. The molecule has 2 bridgehead atoms. The molecule has 2 aliphatic heterocycles. The van der Waals surface area contributed by atoms with E-state index < -0.39 is 76.3 Å². The van der Waals surface area contributed by atoms with Gasteiger partial charge < -0.3 is 19.7 Å². The summed E-state index contributed by atoms with van der Waals surface area (Å²) < 4.78 is 96.0. The van der Waals surface area contributed by atoms with E-state index in [-0.39, 0.29) is 65.2 Å². The van der Waals surface area contributed by atoms with Crippen molar-refractivity contribution in [3.05, 3.63) is 91.6 Å². The number of carboxylic acid groups (broad SMARTS) is 1. The maximum atomic E-state index is 16.5. The molecular weight excluding hydrogens is 704 g/mol. The number of carbonyl (C=O) groups is 2. The smallest absolute Gasteiger partial charge is 0.416 e. The number of terminal acetylenes is 1. The van der Waals surface area contributed by atoms with Crippen LogP contribution in [0.5, 0.6) is 0 Å². The van der Waals surface area contributed by atoms with Gasteiger partial charge in [-0.1, -0.05) is 19.8 Å². The number of hydrogen-bond acceptors (Lipinski definition) is 5. The zero-order valence-corrected chi connectivity index (χ0v) is 29.8. The predicted molar refractivity (Wildman–Crippen MR) is 185 cm³/mol. The minimum atomic E-state index is -4.88. The highest BCUT2D eigenvalue weighted by Crippen LogP contribution is 2.38. The number of benzene rings is 2. The van der Waals surface area contributed by atoms with Gasteiger partial charge in [-0.3, -0.25) is 19.3 Å².